The molecule has 4 rings (SSSR count). The average molecular weight is 313 g/mol. The molecule has 1 aromatic carbocycles. The molecular formula is C21H29O2. The van der Waals surface area contributed by atoms with Crippen LogP contribution in [0.3, 0.4) is 0 Å². The highest BCUT2D eigenvalue weighted by Crippen LogP contribution is 2.60. The van der Waals surface area contributed by atoms with Gasteiger partial charge in [-0.15, -0.1) is 0 Å². The van der Waals surface area contributed by atoms with E-state index in [4.69, 9.17) is 9.47 Å². The van der Waals surface area contributed by atoms with Crippen LogP contribution in [0.15, 0.2) is 12.1 Å². The number of hydrogen-bond donors (Lipinski definition) is 0. The summed E-state index contributed by atoms with van der Waals surface area (Å²) in [6.45, 7) is 2.51. The van der Waals surface area contributed by atoms with Crippen LogP contribution in [0, 0.1) is 23.3 Å². The molecule has 2 nitrogen and oxygen atoms in total. The lowest BCUT2D eigenvalue weighted by atomic mass is 9.50. The zero-order valence-electron chi connectivity index (χ0n) is 14.7. The molecule has 0 amide bonds. The lowest BCUT2D eigenvalue weighted by Gasteiger charge is -2.57. The Hall–Kier alpha value is -1.02. The van der Waals surface area contributed by atoms with Gasteiger partial charge in [-0.1, -0.05) is 13.3 Å². The number of hydrogen-bond acceptors (Lipinski definition) is 2. The second-order valence-electron chi connectivity index (χ2n) is 8.10. The van der Waals surface area contributed by atoms with E-state index in [9.17, 15) is 0 Å². The fourth-order valence-corrected chi connectivity index (χ4v) is 6.13. The first kappa shape index (κ1) is 15.5. The van der Waals surface area contributed by atoms with Gasteiger partial charge in [0.15, 0.2) is 0 Å². The maximum atomic E-state index is 5.92. The maximum Gasteiger partial charge on any atom is 0.127 e. The molecule has 5 atom stereocenters. The van der Waals surface area contributed by atoms with Crippen molar-refractivity contribution in [2.45, 2.75) is 63.9 Å². The smallest absolute Gasteiger partial charge is 0.127 e. The molecule has 2 heteroatoms. The van der Waals surface area contributed by atoms with Crippen molar-refractivity contribution in [1.29, 1.82) is 0 Å². The topological polar surface area (TPSA) is 18.5 Å². The van der Waals surface area contributed by atoms with Crippen LogP contribution >= 0.6 is 0 Å². The number of methoxy groups -OCH3 is 2. The van der Waals surface area contributed by atoms with E-state index < -0.39 is 0 Å². The molecule has 0 aromatic heterocycles. The van der Waals surface area contributed by atoms with Gasteiger partial charge in [-0.05, 0) is 85.0 Å². The van der Waals surface area contributed by atoms with E-state index in [0.717, 1.165) is 23.5 Å². The van der Waals surface area contributed by atoms with Crippen LogP contribution in [0.2, 0.25) is 0 Å². The van der Waals surface area contributed by atoms with Gasteiger partial charge < -0.3 is 9.47 Å². The highest BCUT2D eigenvalue weighted by atomic mass is 16.5. The van der Waals surface area contributed by atoms with Gasteiger partial charge in [-0.3, -0.25) is 0 Å². The van der Waals surface area contributed by atoms with Crippen molar-refractivity contribution in [2.24, 2.45) is 17.3 Å². The third-order valence-electron chi connectivity index (χ3n) is 7.29. The largest absolute Gasteiger partial charge is 0.496 e. The number of benzene rings is 1. The van der Waals surface area contributed by atoms with Crippen molar-refractivity contribution < 1.29 is 9.47 Å². The van der Waals surface area contributed by atoms with E-state index in [0.29, 0.717) is 11.5 Å². The minimum absolute atomic E-state index is 0.386. The normalized spacial score (nSPS) is 39.1. The summed E-state index contributed by atoms with van der Waals surface area (Å²) < 4.78 is 11.4. The molecule has 2 saturated carbocycles. The Morgan fingerprint density at radius 3 is 2.83 bits per heavy atom. The summed E-state index contributed by atoms with van der Waals surface area (Å²) in [6.07, 6.45) is 9.59. The Labute approximate surface area is 140 Å². The summed E-state index contributed by atoms with van der Waals surface area (Å²) in [6, 6.07) is 7.73. The molecule has 0 spiro atoms. The second-order valence-corrected chi connectivity index (χ2v) is 8.10. The number of aryl methyl sites for hydroxylation is 1. The first-order valence-electron chi connectivity index (χ1n) is 9.28. The Bertz CT molecular complexity index is 581. The summed E-state index contributed by atoms with van der Waals surface area (Å²) in [4.78, 5) is 0. The van der Waals surface area contributed by atoms with E-state index in [1.54, 1.807) is 12.7 Å². The predicted octanol–water partition coefficient (Wildman–Crippen LogP) is 4.76. The second kappa shape index (κ2) is 5.81. The lowest BCUT2D eigenvalue weighted by Crippen LogP contribution is -2.51. The van der Waals surface area contributed by atoms with Gasteiger partial charge in [0.25, 0.3) is 0 Å². The minimum atomic E-state index is 0.386. The monoisotopic (exact) mass is 313 g/mol. The van der Waals surface area contributed by atoms with Gasteiger partial charge in [-0.25, -0.2) is 0 Å². The molecule has 0 heterocycles. The zero-order valence-corrected chi connectivity index (χ0v) is 14.7. The molecule has 2 fully saturated rings. The fourth-order valence-electron chi connectivity index (χ4n) is 6.13. The summed E-state index contributed by atoms with van der Waals surface area (Å²) in [5.41, 5.74) is 3.45. The zero-order chi connectivity index (χ0) is 16.0. The van der Waals surface area contributed by atoms with E-state index in [-0.39, 0.29) is 0 Å². The molecule has 0 aliphatic heterocycles. The van der Waals surface area contributed by atoms with Crippen LogP contribution < -0.4 is 4.74 Å². The predicted molar refractivity (Wildman–Crippen MR) is 91.9 cm³/mol. The van der Waals surface area contributed by atoms with Crippen molar-refractivity contribution in [3.05, 3.63) is 29.3 Å². The molecule has 1 aromatic rings. The molecule has 1 radical (unpaired) electrons. The van der Waals surface area contributed by atoms with Gasteiger partial charge in [0.05, 0.1) is 13.2 Å². The Balaban J connectivity index is 1.68. The van der Waals surface area contributed by atoms with Gasteiger partial charge in [-0.2, -0.15) is 0 Å². The molecule has 3 aliphatic rings. The molecule has 0 bridgehead atoms. The van der Waals surface area contributed by atoms with Crippen LogP contribution in [0.25, 0.3) is 0 Å². The van der Waals surface area contributed by atoms with E-state index in [2.05, 4.69) is 25.1 Å². The lowest BCUT2D eigenvalue weighted by molar-refractivity contribution is -0.114. The van der Waals surface area contributed by atoms with Crippen molar-refractivity contribution in [2.75, 3.05) is 14.2 Å². The van der Waals surface area contributed by atoms with E-state index in [1.165, 1.54) is 50.5 Å². The van der Waals surface area contributed by atoms with Gasteiger partial charge in [0.1, 0.15) is 5.75 Å². The van der Waals surface area contributed by atoms with Gasteiger partial charge in [0, 0.05) is 13.2 Å². The molecule has 3 aliphatic carbocycles. The van der Waals surface area contributed by atoms with E-state index >= 15 is 0 Å². The van der Waals surface area contributed by atoms with Crippen molar-refractivity contribution in [1.82, 2.24) is 0 Å². The first-order valence-corrected chi connectivity index (χ1v) is 9.28. The first-order chi connectivity index (χ1) is 11.2. The van der Waals surface area contributed by atoms with Gasteiger partial charge >= 0.3 is 0 Å². The minimum Gasteiger partial charge on any atom is -0.496 e. The van der Waals surface area contributed by atoms with Crippen molar-refractivity contribution in [3.63, 3.8) is 0 Å². The third kappa shape index (κ3) is 2.33. The average Bonchev–Trinajstić information content (AvgIpc) is 2.59. The Kier molecular flexibility index (Phi) is 3.91. The molecule has 0 N–H and O–H groups in total. The number of ether oxygens (including phenoxy) is 2. The van der Waals surface area contributed by atoms with Crippen LogP contribution in [-0.4, -0.2) is 20.3 Å². The third-order valence-corrected chi connectivity index (χ3v) is 7.29. The Morgan fingerprint density at radius 2 is 2.04 bits per heavy atom. The number of rotatable bonds is 2. The summed E-state index contributed by atoms with van der Waals surface area (Å²) in [5, 5.41) is 0. The van der Waals surface area contributed by atoms with Crippen LogP contribution in [0.1, 0.15) is 62.5 Å². The standard InChI is InChI=1S/C21H29O2/c1-21-12-11-16-17(19(21)5-4-6-20(21)23-3)10-8-14-7-9-15(22-2)13-18(14)16/h7,13,16-17,19-20H,4-6,8,10-12H2,1-3H3/t16-,17+,19-,20?,21-/m0/s1. The summed E-state index contributed by atoms with van der Waals surface area (Å²) >= 11 is 0. The summed E-state index contributed by atoms with van der Waals surface area (Å²) in [5.74, 6) is 3.27. The molecule has 1 unspecified atom stereocenters. The molecule has 0 saturated heterocycles. The number of fused-ring (bicyclic) bond motifs is 5. The Morgan fingerprint density at radius 1 is 1.17 bits per heavy atom. The molecular weight excluding hydrogens is 284 g/mol. The molecule has 23 heavy (non-hydrogen) atoms. The van der Waals surface area contributed by atoms with Crippen LogP contribution in [0.4, 0.5) is 0 Å². The van der Waals surface area contributed by atoms with Crippen molar-refractivity contribution in [3.8, 4) is 5.75 Å². The highest BCUT2D eigenvalue weighted by Gasteiger charge is 2.53. The SMILES string of the molecule is COc1[c]cc2c(c1)[C@H]1CC[C@]3(C)C(OC)CCC[C@H]3[C@@H]1CC2. The van der Waals surface area contributed by atoms with Gasteiger partial charge in [0.2, 0.25) is 0 Å². The molecule has 125 valence electrons. The highest BCUT2D eigenvalue weighted by molar-refractivity contribution is 5.40. The van der Waals surface area contributed by atoms with Crippen molar-refractivity contribution >= 4 is 0 Å². The summed E-state index contributed by atoms with van der Waals surface area (Å²) in [7, 11) is 3.67. The fraction of sp³-hybridized carbons (Fsp3) is 0.714. The van der Waals surface area contributed by atoms with Crippen LogP contribution in [-0.2, 0) is 11.2 Å². The van der Waals surface area contributed by atoms with Crippen LogP contribution in [0.5, 0.6) is 5.75 Å². The quantitative estimate of drug-likeness (QED) is 0.784. The maximum absolute atomic E-state index is 5.92. The van der Waals surface area contributed by atoms with E-state index in [1.807, 2.05) is 7.11 Å².